The van der Waals surface area contributed by atoms with Crippen molar-refractivity contribution in [3.05, 3.63) is 30.1 Å². The summed E-state index contributed by atoms with van der Waals surface area (Å²) in [6, 6.07) is 8.23. The summed E-state index contributed by atoms with van der Waals surface area (Å²) in [6.07, 6.45) is 3.71. The van der Waals surface area contributed by atoms with E-state index < -0.39 is 0 Å². The Bertz CT molecular complexity index is 536. The van der Waals surface area contributed by atoms with Crippen LogP contribution >= 0.6 is 0 Å². The summed E-state index contributed by atoms with van der Waals surface area (Å²) < 4.78 is 0. The number of benzene rings is 1. The third kappa shape index (κ3) is 3.11. The van der Waals surface area contributed by atoms with E-state index in [4.69, 9.17) is 10.7 Å². The Morgan fingerprint density at radius 1 is 1.33 bits per heavy atom. The number of aromatic nitrogens is 2. The molecule has 0 bridgehead atoms. The van der Waals surface area contributed by atoms with Gasteiger partial charge in [-0.15, -0.1) is 0 Å². The number of para-hydroxylation sites is 2. The Morgan fingerprint density at radius 3 is 2.76 bits per heavy atom. The topological polar surface area (TPSA) is 57.9 Å². The van der Waals surface area contributed by atoms with E-state index in [0.29, 0.717) is 18.4 Å². The standard InChI is InChI=1S/C17H26N4/c1-2-9-21-10-7-13(8-11-21)14(12-18)17-19-15-5-3-4-6-16(15)20-17/h3-6,13-14H,2,7-12,18H2,1H3,(H,19,20). The molecule has 1 atom stereocenters. The van der Waals surface area contributed by atoms with Crippen LogP contribution in [-0.2, 0) is 0 Å². The first-order valence-electron chi connectivity index (χ1n) is 8.19. The zero-order valence-corrected chi connectivity index (χ0v) is 12.9. The first kappa shape index (κ1) is 14.5. The lowest BCUT2D eigenvalue weighted by Crippen LogP contribution is -2.37. The highest BCUT2D eigenvalue weighted by Crippen LogP contribution is 2.31. The van der Waals surface area contributed by atoms with Gasteiger partial charge in [0.15, 0.2) is 0 Å². The van der Waals surface area contributed by atoms with Crippen LogP contribution in [0.15, 0.2) is 24.3 Å². The van der Waals surface area contributed by atoms with Gasteiger partial charge in [0.25, 0.3) is 0 Å². The smallest absolute Gasteiger partial charge is 0.111 e. The number of likely N-dealkylation sites (tertiary alicyclic amines) is 1. The van der Waals surface area contributed by atoms with Gasteiger partial charge < -0.3 is 15.6 Å². The molecule has 0 radical (unpaired) electrons. The van der Waals surface area contributed by atoms with Crippen molar-refractivity contribution in [1.82, 2.24) is 14.9 Å². The maximum atomic E-state index is 6.08. The molecular formula is C17H26N4. The maximum Gasteiger partial charge on any atom is 0.111 e. The normalized spacial score (nSPS) is 19.1. The lowest BCUT2D eigenvalue weighted by molar-refractivity contribution is 0.168. The van der Waals surface area contributed by atoms with Crippen LogP contribution in [0.25, 0.3) is 11.0 Å². The van der Waals surface area contributed by atoms with Crippen molar-refractivity contribution in [2.24, 2.45) is 11.7 Å². The molecule has 0 amide bonds. The fraction of sp³-hybridized carbons (Fsp3) is 0.588. The van der Waals surface area contributed by atoms with Gasteiger partial charge in [0.05, 0.1) is 11.0 Å². The van der Waals surface area contributed by atoms with Crippen molar-refractivity contribution in [2.75, 3.05) is 26.2 Å². The Morgan fingerprint density at radius 2 is 2.10 bits per heavy atom. The number of imidazole rings is 1. The third-order valence-corrected chi connectivity index (χ3v) is 4.75. The first-order valence-corrected chi connectivity index (χ1v) is 8.19. The lowest BCUT2D eigenvalue weighted by Gasteiger charge is -2.34. The molecule has 114 valence electrons. The molecule has 21 heavy (non-hydrogen) atoms. The van der Waals surface area contributed by atoms with Gasteiger partial charge in [-0.3, -0.25) is 0 Å². The van der Waals surface area contributed by atoms with Gasteiger partial charge in [-0.2, -0.15) is 0 Å². The van der Waals surface area contributed by atoms with E-state index in [0.717, 1.165) is 16.9 Å². The van der Waals surface area contributed by atoms with E-state index in [1.165, 1.54) is 38.9 Å². The molecule has 4 nitrogen and oxygen atoms in total. The molecule has 1 aromatic heterocycles. The lowest BCUT2D eigenvalue weighted by atomic mass is 9.83. The van der Waals surface area contributed by atoms with Crippen molar-refractivity contribution in [1.29, 1.82) is 0 Å². The van der Waals surface area contributed by atoms with Gasteiger partial charge in [-0.05, 0) is 56.9 Å². The van der Waals surface area contributed by atoms with Crippen LogP contribution < -0.4 is 5.73 Å². The molecule has 1 aliphatic heterocycles. The van der Waals surface area contributed by atoms with Crippen LogP contribution in [0.4, 0.5) is 0 Å². The van der Waals surface area contributed by atoms with E-state index in [1.807, 2.05) is 12.1 Å². The Hall–Kier alpha value is -1.39. The highest BCUT2D eigenvalue weighted by molar-refractivity contribution is 5.74. The second-order valence-corrected chi connectivity index (χ2v) is 6.16. The zero-order chi connectivity index (χ0) is 14.7. The molecule has 0 spiro atoms. The fourth-order valence-electron chi connectivity index (χ4n) is 3.57. The minimum atomic E-state index is 0.362. The van der Waals surface area contributed by atoms with Crippen LogP contribution in [0.5, 0.6) is 0 Å². The summed E-state index contributed by atoms with van der Waals surface area (Å²) in [7, 11) is 0. The molecular weight excluding hydrogens is 260 g/mol. The van der Waals surface area contributed by atoms with Crippen molar-refractivity contribution in [3.63, 3.8) is 0 Å². The second kappa shape index (κ2) is 6.58. The molecule has 3 rings (SSSR count). The molecule has 2 aromatic rings. The largest absolute Gasteiger partial charge is 0.342 e. The van der Waals surface area contributed by atoms with Gasteiger partial charge in [0.2, 0.25) is 0 Å². The SMILES string of the molecule is CCCN1CCC(C(CN)c2nc3ccccc3[nH]2)CC1. The van der Waals surface area contributed by atoms with Gasteiger partial charge in [-0.1, -0.05) is 19.1 Å². The van der Waals surface area contributed by atoms with Gasteiger partial charge in [0.1, 0.15) is 5.82 Å². The Labute approximate surface area is 126 Å². The molecule has 3 N–H and O–H groups in total. The van der Waals surface area contributed by atoms with E-state index in [2.05, 4.69) is 28.9 Å². The molecule has 1 saturated heterocycles. The number of rotatable bonds is 5. The van der Waals surface area contributed by atoms with Crippen LogP contribution in [0.3, 0.4) is 0 Å². The minimum absolute atomic E-state index is 0.362. The van der Waals surface area contributed by atoms with Crippen LogP contribution in [0, 0.1) is 5.92 Å². The molecule has 0 aliphatic carbocycles. The van der Waals surface area contributed by atoms with E-state index in [-0.39, 0.29) is 0 Å². The van der Waals surface area contributed by atoms with Gasteiger partial charge >= 0.3 is 0 Å². The molecule has 4 heteroatoms. The Kier molecular flexibility index (Phi) is 4.56. The number of piperidine rings is 1. The number of aromatic amines is 1. The minimum Gasteiger partial charge on any atom is -0.342 e. The molecule has 1 aliphatic rings. The average Bonchev–Trinajstić information content (AvgIpc) is 2.93. The highest BCUT2D eigenvalue weighted by atomic mass is 15.1. The van der Waals surface area contributed by atoms with Crippen molar-refractivity contribution in [3.8, 4) is 0 Å². The van der Waals surface area contributed by atoms with Crippen LogP contribution in [-0.4, -0.2) is 41.0 Å². The number of fused-ring (bicyclic) bond motifs is 1. The van der Waals surface area contributed by atoms with Gasteiger partial charge in [-0.25, -0.2) is 4.98 Å². The number of hydrogen-bond donors (Lipinski definition) is 2. The molecule has 1 aromatic carbocycles. The summed E-state index contributed by atoms with van der Waals surface area (Å²) in [5, 5.41) is 0. The van der Waals surface area contributed by atoms with E-state index in [9.17, 15) is 0 Å². The number of nitrogens with two attached hydrogens (primary N) is 1. The molecule has 2 heterocycles. The summed E-state index contributed by atoms with van der Waals surface area (Å²) >= 11 is 0. The molecule has 0 saturated carbocycles. The number of nitrogens with one attached hydrogen (secondary N) is 1. The maximum absolute atomic E-state index is 6.08. The van der Waals surface area contributed by atoms with E-state index >= 15 is 0 Å². The van der Waals surface area contributed by atoms with Gasteiger partial charge in [0, 0.05) is 12.5 Å². The average molecular weight is 286 g/mol. The van der Waals surface area contributed by atoms with E-state index in [1.54, 1.807) is 0 Å². The summed E-state index contributed by atoms with van der Waals surface area (Å²) in [4.78, 5) is 10.8. The van der Waals surface area contributed by atoms with Crippen molar-refractivity contribution >= 4 is 11.0 Å². The van der Waals surface area contributed by atoms with Crippen LogP contribution in [0.2, 0.25) is 0 Å². The summed E-state index contributed by atoms with van der Waals surface area (Å²) in [6.45, 7) is 6.57. The fourth-order valence-corrected chi connectivity index (χ4v) is 3.57. The zero-order valence-electron chi connectivity index (χ0n) is 12.9. The summed E-state index contributed by atoms with van der Waals surface area (Å²) in [5.41, 5.74) is 8.25. The molecule has 1 unspecified atom stereocenters. The monoisotopic (exact) mass is 286 g/mol. The number of H-pyrrole nitrogens is 1. The quantitative estimate of drug-likeness (QED) is 0.888. The van der Waals surface area contributed by atoms with Crippen LogP contribution in [0.1, 0.15) is 37.9 Å². The number of nitrogens with zero attached hydrogens (tertiary/aromatic N) is 2. The van der Waals surface area contributed by atoms with Crippen molar-refractivity contribution < 1.29 is 0 Å². The third-order valence-electron chi connectivity index (χ3n) is 4.75. The first-order chi connectivity index (χ1) is 10.3. The van der Waals surface area contributed by atoms with Crippen molar-refractivity contribution in [2.45, 2.75) is 32.1 Å². The summed E-state index contributed by atoms with van der Waals surface area (Å²) in [5.74, 6) is 2.09. The predicted molar refractivity (Wildman–Crippen MR) is 87.3 cm³/mol. The highest BCUT2D eigenvalue weighted by Gasteiger charge is 2.28. The predicted octanol–water partition coefficient (Wildman–Crippen LogP) is 2.73. The number of hydrogen-bond acceptors (Lipinski definition) is 3. The Balaban J connectivity index is 1.73. The molecule has 1 fully saturated rings. The second-order valence-electron chi connectivity index (χ2n) is 6.16.